The van der Waals surface area contributed by atoms with E-state index in [0.717, 1.165) is 21.8 Å². The highest BCUT2D eigenvalue weighted by Crippen LogP contribution is 2.17. The third-order valence-corrected chi connectivity index (χ3v) is 3.86. The van der Waals surface area contributed by atoms with Crippen molar-refractivity contribution in [2.45, 2.75) is 13.1 Å². The number of nitrogens with zero attached hydrogens (tertiary/aromatic N) is 2. The summed E-state index contributed by atoms with van der Waals surface area (Å²) in [5.74, 6) is 1.31. The average Bonchev–Trinajstić information content (AvgIpc) is 3.13. The highest BCUT2D eigenvalue weighted by atomic mass is 35.5. The molecule has 6 heteroatoms. The minimum absolute atomic E-state index is 0.524. The second-order valence-corrected chi connectivity index (χ2v) is 5.85. The van der Waals surface area contributed by atoms with E-state index in [1.54, 1.807) is 13.3 Å². The molecule has 0 amide bonds. The summed E-state index contributed by atoms with van der Waals surface area (Å²) >= 11 is 5.89. The number of aromatic nitrogens is 1. The molecular weight excluding hydrogens is 336 g/mol. The van der Waals surface area contributed by atoms with Gasteiger partial charge in [-0.25, -0.2) is 4.98 Å². The molecule has 0 radical (unpaired) electrons. The molecule has 2 aromatic carbocycles. The van der Waals surface area contributed by atoms with Crippen LogP contribution in [-0.4, -0.2) is 18.0 Å². The fourth-order valence-corrected chi connectivity index (χ4v) is 2.41. The molecule has 0 unspecified atom stereocenters. The van der Waals surface area contributed by atoms with Gasteiger partial charge in [-0.3, -0.25) is 4.99 Å². The summed E-state index contributed by atoms with van der Waals surface area (Å²) in [6.45, 7) is 1.18. The Balaban J connectivity index is 1.53. The standard InChI is InChI=1S/C19H19ClN4O/c1-21-19(22-11-14-7-9-16(20)10-8-14)23-12-17-13-25-18(24-17)15-5-3-2-4-6-15/h2-10,13H,11-12H2,1H3,(H2,21,22,23). The molecular formula is C19H19ClN4O. The molecule has 0 bridgehead atoms. The van der Waals surface area contributed by atoms with Crippen LogP contribution in [0.15, 0.2) is 70.3 Å². The smallest absolute Gasteiger partial charge is 0.226 e. The van der Waals surface area contributed by atoms with Crippen molar-refractivity contribution < 1.29 is 4.42 Å². The van der Waals surface area contributed by atoms with Crippen molar-refractivity contribution in [3.63, 3.8) is 0 Å². The summed E-state index contributed by atoms with van der Waals surface area (Å²) in [6, 6.07) is 17.5. The topological polar surface area (TPSA) is 62.5 Å². The van der Waals surface area contributed by atoms with Crippen molar-refractivity contribution in [3.8, 4) is 11.5 Å². The molecule has 3 aromatic rings. The maximum atomic E-state index is 5.89. The minimum atomic E-state index is 0.524. The number of nitrogens with one attached hydrogen (secondary N) is 2. The van der Waals surface area contributed by atoms with E-state index < -0.39 is 0 Å². The monoisotopic (exact) mass is 354 g/mol. The maximum Gasteiger partial charge on any atom is 0.226 e. The summed E-state index contributed by atoms with van der Waals surface area (Å²) in [5, 5.41) is 7.20. The molecule has 0 spiro atoms. The van der Waals surface area contributed by atoms with E-state index in [0.29, 0.717) is 24.9 Å². The number of benzene rings is 2. The van der Waals surface area contributed by atoms with E-state index in [1.165, 1.54) is 0 Å². The van der Waals surface area contributed by atoms with E-state index in [1.807, 2.05) is 54.6 Å². The number of oxazole rings is 1. The predicted molar refractivity (Wildman–Crippen MR) is 100 cm³/mol. The van der Waals surface area contributed by atoms with Crippen LogP contribution >= 0.6 is 11.6 Å². The Bertz CT molecular complexity index is 828. The molecule has 3 rings (SSSR count). The second kappa shape index (κ2) is 8.35. The van der Waals surface area contributed by atoms with E-state index in [9.17, 15) is 0 Å². The second-order valence-electron chi connectivity index (χ2n) is 5.42. The highest BCUT2D eigenvalue weighted by Gasteiger charge is 2.07. The molecule has 0 saturated carbocycles. The fourth-order valence-electron chi connectivity index (χ4n) is 2.28. The van der Waals surface area contributed by atoms with Gasteiger partial charge in [0.2, 0.25) is 5.89 Å². The fraction of sp³-hybridized carbons (Fsp3) is 0.158. The Morgan fingerprint density at radius 1 is 1.04 bits per heavy atom. The van der Waals surface area contributed by atoms with Crippen LogP contribution < -0.4 is 10.6 Å². The van der Waals surface area contributed by atoms with Crippen LogP contribution in [0.5, 0.6) is 0 Å². The third kappa shape index (κ3) is 4.84. The Morgan fingerprint density at radius 2 is 1.76 bits per heavy atom. The first-order valence-corrected chi connectivity index (χ1v) is 8.31. The number of aliphatic imine (C=N–C) groups is 1. The van der Waals surface area contributed by atoms with Crippen LogP contribution in [0.1, 0.15) is 11.3 Å². The Hall–Kier alpha value is -2.79. The van der Waals surface area contributed by atoms with Gasteiger partial charge < -0.3 is 15.1 Å². The van der Waals surface area contributed by atoms with E-state index in [-0.39, 0.29) is 0 Å². The van der Waals surface area contributed by atoms with Gasteiger partial charge in [-0.05, 0) is 29.8 Å². The minimum Gasteiger partial charge on any atom is -0.444 e. The normalized spacial score (nSPS) is 11.4. The molecule has 0 aliphatic rings. The summed E-state index contributed by atoms with van der Waals surface area (Å²) in [4.78, 5) is 8.70. The number of hydrogen-bond donors (Lipinski definition) is 2. The molecule has 1 heterocycles. The summed E-state index contributed by atoms with van der Waals surface area (Å²) in [5.41, 5.74) is 2.90. The predicted octanol–water partition coefficient (Wildman–Crippen LogP) is 3.86. The zero-order valence-electron chi connectivity index (χ0n) is 13.9. The van der Waals surface area contributed by atoms with E-state index >= 15 is 0 Å². The van der Waals surface area contributed by atoms with Crippen LogP contribution in [0, 0.1) is 0 Å². The molecule has 0 saturated heterocycles. The van der Waals surface area contributed by atoms with Gasteiger partial charge in [0.05, 0.1) is 12.2 Å². The zero-order chi connectivity index (χ0) is 17.5. The summed E-state index contributed by atoms with van der Waals surface area (Å²) in [6.07, 6.45) is 1.65. The SMILES string of the molecule is CN=C(NCc1ccc(Cl)cc1)NCc1coc(-c2ccccc2)n1. The zero-order valence-corrected chi connectivity index (χ0v) is 14.6. The Labute approximate surface area is 151 Å². The van der Waals surface area contributed by atoms with Gasteiger partial charge in [0, 0.05) is 24.2 Å². The van der Waals surface area contributed by atoms with Crippen LogP contribution in [0.4, 0.5) is 0 Å². The van der Waals surface area contributed by atoms with Crippen LogP contribution in [-0.2, 0) is 13.1 Å². The van der Waals surface area contributed by atoms with Gasteiger partial charge in [-0.15, -0.1) is 0 Å². The molecule has 0 aliphatic heterocycles. The number of hydrogen-bond acceptors (Lipinski definition) is 3. The van der Waals surface area contributed by atoms with Crippen molar-refractivity contribution in [2.24, 2.45) is 4.99 Å². The number of halogens is 1. The number of guanidine groups is 1. The largest absolute Gasteiger partial charge is 0.444 e. The van der Waals surface area contributed by atoms with Crippen LogP contribution in [0.25, 0.3) is 11.5 Å². The highest BCUT2D eigenvalue weighted by molar-refractivity contribution is 6.30. The van der Waals surface area contributed by atoms with Gasteiger partial charge in [-0.2, -0.15) is 0 Å². The lowest BCUT2D eigenvalue weighted by atomic mass is 10.2. The summed E-state index contributed by atoms with van der Waals surface area (Å²) < 4.78 is 5.53. The summed E-state index contributed by atoms with van der Waals surface area (Å²) in [7, 11) is 1.73. The molecule has 0 atom stereocenters. The number of rotatable bonds is 5. The van der Waals surface area contributed by atoms with Crippen molar-refractivity contribution >= 4 is 17.6 Å². The maximum absolute atomic E-state index is 5.89. The van der Waals surface area contributed by atoms with Crippen LogP contribution in [0.3, 0.4) is 0 Å². The van der Waals surface area contributed by atoms with Crippen LogP contribution in [0.2, 0.25) is 5.02 Å². The van der Waals surface area contributed by atoms with Gasteiger partial charge in [0.1, 0.15) is 6.26 Å². The third-order valence-electron chi connectivity index (χ3n) is 3.61. The van der Waals surface area contributed by atoms with Crippen molar-refractivity contribution in [1.82, 2.24) is 15.6 Å². The van der Waals surface area contributed by atoms with Gasteiger partial charge in [-0.1, -0.05) is 41.9 Å². The molecule has 25 heavy (non-hydrogen) atoms. The van der Waals surface area contributed by atoms with Crippen molar-refractivity contribution in [2.75, 3.05) is 7.05 Å². The van der Waals surface area contributed by atoms with E-state index in [4.69, 9.17) is 16.0 Å². The molecule has 0 fully saturated rings. The Morgan fingerprint density at radius 3 is 2.48 bits per heavy atom. The molecule has 128 valence electrons. The van der Waals surface area contributed by atoms with Gasteiger partial charge in [0.25, 0.3) is 0 Å². The lowest BCUT2D eigenvalue weighted by molar-refractivity contribution is 0.572. The van der Waals surface area contributed by atoms with Gasteiger partial charge >= 0.3 is 0 Å². The van der Waals surface area contributed by atoms with Crippen molar-refractivity contribution in [1.29, 1.82) is 0 Å². The first-order valence-electron chi connectivity index (χ1n) is 7.93. The molecule has 5 nitrogen and oxygen atoms in total. The lowest BCUT2D eigenvalue weighted by Gasteiger charge is -2.10. The van der Waals surface area contributed by atoms with Gasteiger partial charge in [0.15, 0.2) is 5.96 Å². The average molecular weight is 355 g/mol. The van der Waals surface area contributed by atoms with E-state index in [2.05, 4.69) is 20.6 Å². The first kappa shape index (κ1) is 17.0. The molecule has 1 aromatic heterocycles. The Kier molecular flexibility index (Phi) is 5.69. The quantitative estimate of drug-likeness (QED) is 0.539. The lowest BCUT2D eigenvalue weighted by Crippen LogP contribution is -2.36. The molecule has 2 N–H and O–H groups in total. The van der Waals surface area contributed by atoms with Crippen molar-refractivity contribution in [3.05, 3.63) is 77.1 Å². The molecule has 0 aliphatic carbocycles. The first-order chi connectivity index (χ1) is 12.2.